The van der Waals surface area contributed by atoms with E-state index < -0.39 is 10.0 Å². The van der Waals surface area contributed by atoms with Crippen molar-refractivity contribution in [2.45, 2.75) is 23.6 Å². The molecule has 0 saturated carbocycles. The van der Waals surface area contributed by atoms with Gasteiger partial charge in [-0.25, -0.2) is 8.42 Å². The SMILES string of the molecule is CSc1cccc(NS(=O)(=O)c2cc(C)c(C)c(N)c2)c1. The molecule has 0 aromatic heterocycles. The Balaban J connectivity index is 2.38. The highest BCUT2D eigenvalue weighted by molar-refractivity contribution is 7.98. The summed E-state index contributed by atoms with van der Waals surface area (Å²) in [6.45, 7) is 3.72. The molecule has 0 amide bonds. The van der Waals surface area contributed by atoms with E-state index in [9.17, 15) is 8.42 Å². The van der Waals surface area contributed by atoms with E-state index >= 15 is 0 Å². The van der Waals surface area contributed by atoms with Crippen LogP contribution in [-0.4, -0.2) is 14.7 Å². The highest BCUT2D eigenvalue weighted by Crippen LogP contribution is 2.25. The summed E-state index contributed by atoms with van der Waals surface area (Å²) >= 11 is 1.56. The van der Waals surface area contributed by atoms with Crippen LogP contribution in [-0.2, 0) is 10.0 Å². The molecule has 0 saturated heterocycles. The molecule has 0 aliphatic carbocycles. The molecule has 2 aromatic rings. The summed E-state index contributed by atoms with van der Waals surface area (Å²) < 4.78 is 27.5. The molecule has 0 aliphatic heterocycles. The van der Waals surface area contributed by atoms with Crippen molar-refractivity contribution >= 4 is 33.2 Å². The number of rotatable bonds is 4. The summed E-state index contributed by atoms with van der Waals surface area (Å²) in [5, 5.41) is 0. The Hall–Kier alpha value is -1.66. The number of aryl methyl sites for hydroxylation is 1. The molecule has 0 fully saturated rings. The second kappa shape index (κ2) is 5.99. The van der Waals surface area contributed by atoms with Crippen molar-refractivity contribution in [1.82, 2.24) is 0 Å². The lowest BCUT2D eigenvalue weighted by molar-refractivity contribution is 0.601. The maximum Gasteiger partial charge on any atom is 0.261 e. The van der Waals surface area contributed by atoms with Gasteiger partial charge in [0.25, 0.3) is 10.0 Å². The van der Waals surface area contributed by atoms with E-state index in [0.29, 0.717) is 11.4 Å². The quantitative estimate of drug-likeness (QED) is 0.668. The Morgan fingerprint density at radius 2 is 1.86 bits per heavy atom. The molecule has 0 aliphatic rings. The van der Waals surface area contributed by atoms with Gasteiger partial charge in [0.1, 0.15) is 0 Å². The Morgan fingerprint density at radius 1 is 1.14 bits per heavy atom. The Kier molecular flexibility index (Phi) is 4.49. The number of benzene rings is 2. The number of hydrogen-bond acceptors (Lipinski definition) is 4. The van der Waals surface area contributed by atoms with Gasteiger partial charge in [-0.15, -0.1) is 11.8 Å². The van der Waals surface area contributed by atoms with Crippen molar-refractivity contribution in [3.8, 4) is 0 Å². The molecule has 0 radical (unpaired) electrons. The smallest absolute Gasteiger partial charge is 0.261 e. The van der Waals surface area contributed by atoms with Gasteiger partial charge in [0, 0.05) is 16.3 Å². The van der Waals surface area contributed by atoms with Gasteiger partial charge >= 0.3 is 0 Å². The first kappa shape index (κ1) is 15.7. The number of hydrogen-bond donors (Lipinski definition) is 2. The first-order chi connectivity index (χ1) is 9.83. The van der Waals surface area contributed by atoms with Crippen LogP contribution in [0.4, 0.5) is 11.4 Å². The predicted octanol–water partition coefficient (Wildman–Crippen LogP) is 3.41. The first-order valence-corrected chi connectivity index (χ1v) is 9.08. The minimum Gasteiger partial charge on any atom is -0.398 e. The largest absolute Gasteiger partial charge is 0.398 e. The lowest BCUT2D eigenvalue weighted by atomic mass is 10.1. The summed E-state index contributed by atoms with van der Waals surface area (Å²) in [4.78, 5) is 1.17. The van der Waals surface area contributed by atoms with Gasteiger partial charge in [0.15, 0.2) is 0 Å². The Morgan fingerprint density at radius 3 is 2.48 bits per heavy atom. The van der Waals surface area contributed by atoms with Crippen LogP contribution in [0.1, 0.15) is 11.1 Å². The number of anilines is 2. The van der Waals surface area contributed by atoms with E-state index in [1.807, 2.05) is 32.2 Å². The lowest BCUT2D eigenvalue weighted by Crippen LogP contribution is -2.14. The average molecular weight is 322 g/mol. The summed E-state index contributed by atoms with van der Waals surface area (Å²) in [6.07, 6.45) is 1.94. The molecule has 2 rings (SSSR count). The maximum absolute atomic E-state index is 12.4. The zero-order valence-corrected chi connectivity index (χ0v) is 13.8. The van der Waals surface area contributed by atoms with Gasteiger partial charge in [-0.2, -0.15) is 0 Å². The number of thioether (sulfide) groups is 1. The summed E-state index contributed by atoms with van der Waals surface area (Å²) in [6, 6.07) is 10.4. The van der Waals surface area contributed by atoms with Crippen LogP contribution in [0.3, 0.4) is 0 Å². The zero-order chi connectivity index (χ0) is 15.6. The van der Waals surface area contributed by atoms with Crippen LogP contribution < -0.4 is 10.5 Å². The van der Waals surface area contributed by atoms with Gasteiger partial charge in [-0.1, -0.05) is 6.07 Å². The van der Waals surface area contributed by atoms with Crippen molar-refractivity contribution in [1.29, 1.82) is 0 Å². The van der Waals surface area contributed by atoms with E-state index in [2.05, 4.69) is 4.72 Å². The molecule has 3 N–H and O–H groups in total. The molecule has 21 heavy (non-hydrogen) atoms. The second-order valence-electron chi connectivity index (χ2n) is 4.79. The third-order valence-corrected chi connectivity index (χ3v) is 5.40. The first-order valence-electron chi connectivity index (χ1n) is 6.37. The standard InChI is InChI=1S/C15H18N2O2S2/c1-10-7-14(9-15(16)11(10)2)21(18,19)17-12-5-4-6-13(8-12)20-3/h4-9,17H,16H2,1-3H3. The fraction of sp³-hybridized carbons (Fsp3) is 0.200. The van der Waals surface area contributed by atoms with Gasteiger partial charge in [-0.05, 0) is 61.6 Å². The van der Waals surface area contributed by atoms with Crippen molar-refractivity contribution in [3.63, 3.8) is 0 Å². The van der Waals surface area contributed by atoms with Crippen molar-refractivity contribution < 1.29 is 8.42 Å². The molecule has 0 bridgehead atoms. The highest BCUT2D eigenvalue weighted by Gasteiger charge is 2.16. The van der Waals surface area contributed by atoms with Gasteiger partial charge in [0.05, 0.1) is 4.90 Å². The zero-order valence-electron chi connectivity index (χ0n) is 12.2. The third-order valence-electron chi connectivity index (χ3n) is 3.31. The second-order valence-corrected chi connectivity index (χ2v) is 7.35. The predicted molar refractivity (Wildman–Crippen MR) is 89.4 cm³/mol. The van der Waals surface area contributed by atoms with E-state index in [1.165, 1.54) is 6.07 Å². The van der Waals surface area contributed by atoms with Gasteiger partial charge in [0.2, 0.25) is 0 Å². The molecular weight excluding hydrogens is 304 g/mol. The van der Waals surface area contributed by atoms with E-state index in [-0.39, 0.29) is 4.90 Å². The third kappa shape index (κ3) is 3.51. The van der Waals surface area contributed by atoms with Crippen LogP contribution in [0.25, 0.3) is 0 Å². The molecule has 6 heteroatoms. The minimum absolute atomic E-state index is 0.178. The van der Waals surface area contributed by atoms with E-state index in [0.717, 1.165) is 16.0 Å². The summed E-state index contributed by atoms with van der Waals surface area (Å²) in [5.74, 6) is 0. The fourth-order valence-corrected chi connectivity index (χ4v) is 3.54. The molecule has 0 atom stereocenters. The molecule has 0 heterocycles. The molecule has 0 unspecified atom stereocenters. The average Bonchev–Trinajstić information content (AvgIpc) is 2.44. The number of nitrogens with two attached hydrogens (primary N) is 1. The van der Waals surface area contributed by atoms with Gasteiger partial charge in [-0.3, -0.25) is 4.72 Å². The van der Waals surface area contributed by atoms with E-state index in [1.54, 1.807) is 30.0 Å². The van der Waals surface area contributed by atoms with Crippen LogP contribution in [0.15, 0.2) is 46.2 Å². The number of nitrogens with one attached hydrogen (secondary N) is 1. The normalized spacial score (nSPS) is 11.4. The van der Waals surface area contributed by atoms with Crippen LogP contribution in [0, 0.1) is 13.8 Å². The molecule has 112 valence electrons. The Bertz CT molecular complexity index is 748. The van der Waals surface area contributed by atoms with Crippen molar-refractivity contribution in [2.24, 2.45) is 0 Å². The molecule has 0 spiro atoms. The molecule has 2 aromatic carbocycles. The topological polar surface area (TPSA) is 72.2 Å². The number of nitrogen functional groups attached to an aromatic ring is 1. The monoisotopic (exact) mass is 322 g/mol. The van der Waals surface area contributed by atoms with Gasteiger partial charge < -0.3 is 5.73 Å². The lowest BCUT2D eigenvalue weighted by Gasteiger charge is -2.12. The van der Waals surface area contributed by atoms with Crippen molar-refractivity contribution in [3.05, 3.63) is 47.5 Å². The fourth-order valence-electron chi connectivity index (χ4n) is 1.91. The van der Waals surface area contributed by atoms with Crippen LogP contribution in [0.2, 0.25) is 0 Å². The Labute approximate surface area is 129 Å². The van der Waals surface area contributed by atoms with Crippen molar-refractivity contribution in [2.75, 3.05) is 16.7 Å². The van der Waals surface area contributed by atoms with Crippen LogP contribution >= 0.6 is 11.8 Å². The molecular formula is C15H18N2O2S2. The summed E-state index contributed by atoms with van der Waals surface area (Å²) in [5.41, 5.74) is 8.64. The maximum atomic E-state index is 12.4. The summed E-state index contributed by atoms with van der Waals surface area (Å²) in [7, 11) is -3.64. The molecule has 4 nitrogen and oxygen atoms in total. The van der Waals surface area contributed by atoms with E-state index in [4.69, 9.17) is 5.73 Å². The number of sulfonamides is 1. The van der Waals surface area contributed by atoms with Crippen LogP contribution in [0.5, 0.6) is 0 Å². The highest BCUT2D eigenvalue weighted by atomic mass is 32.2. The minimum atomic E-state index is -3.64.